The largest absolute Gasteiger partial charge is 0.299 e. The van der Waals surface area contributed by atoms with E-state index in [1.54, 1.807) is 0 Å². The quantitative estimate of drug-likeness (QED) is 0.767. The van der Waals surface area contributed by atoms with Crippen molar-refractivity contribution in [2.24, 2.45) is 0 Å². The Bertz CT molecular complexity index is 308. The minimum absolute atomic E-state index is 0.699. The lowest BCUT2D eigenvalue weighted by atomic mass is 9.91. The molecule has 1 saturated heterocycles. The van der Waals surface area contributed by atoms with Gasteiger partial charge in [-0.3, -0.25) is 10.00 Å². The van der Waals surface area contributed by atoms with E-state index < -0.39 is 0 Å². The molecule has 1 aliphatic heterocycles. The van der Waals surface area contributed by atoms with Crippen LogP contribution in [0.1, 0.15) is 31.2 Å². The van der Waals surface area contributed by atoms with E-state index in [2.05, 4.69) is 28.6 Å². The van der Waals surface area contributed by atoms with Gasteiger partial charge in [-0.15, -0.1) is 0 Å². The molecule has 0 amide bonds. The van der Waals surface area contributed by atoms with Crippen molar-refractivity contribution in [2.45, 2.75) is 25.7 Å². The van der Waals surface area contributed by atoms with Gasteiger partial charge in [0.05, 0.1) is 6.20 Å². The summed E-state index contributed by atoms with van der Waals surface area (Å²) in [5.41, 5.74) is 2.63. The second-order valence-electron chi connectivity index (χ2n) is 4.54. The Labute approximate surface area is 91.2 Å². The summed E-state index contributed by atoms with van der Waals surface area (Å²) in [7, 11) is 0. The fraction of sp³-hybridized carbons (Fsp3) is 0.583. The van der Waals surface area contributed by atoms with E-state index >= 15 is 0 Å². The van der Waals surface area contributed by atoms with E-state index in [0.29, 0.717) is 5.92 Å². The predicted octanol–water partition coefficient (Wildman–Crippen LogP) is 2.17. The van der Waals surface area contributed by atoms with E-state index in [1.165, 1.54) is 37.1 Å². The van der Waals surface area contributed by atoms with Crippen LogP contribution in [0.25, 0.3) is 0 Å². The van der Waals surface area contributed by atoms with E-state index in [1.807, 2.05) is 12.4 Å². The van der Waals surface area contributed by atoms with Gasteiger partial charge in [0.2, 0.25) is 0 Å². The number of nitrogens with zero attached hydrogens (tertiary/aromatic N) is 2. The van der Waals surface area contributed by atoms with Gasteiger partial charge in [0, 0.05) is 12.7 Å². The molecule has 0 aliphatic carbocycles. The summed E-state index contributed by atoms with van der Waals surface area (Å²) >= 11 is 0. The summed E-state index contributed by atoms with van der Waals surface area (Å²) < 4.78 is 0. The highest BCUT2D eigenvalue weighted by Gasteiger charge is 2.20. The molecule has 0 spiro atoms. The van der Waals surface area contributed by atoms with Crippen LogP contribution in [0, 0.1) is 0 Å². The third-order valence-electron chi connectivity index (χ3n) is 3.07. The molecule has 82 valence electrons. The summed E-state index contributed by atoms with van der Waals surface area (Å²) in [5, 5.41) is 6.90. The van der Waals surface area contributed by atoms with Crippen LogP contribution >= 0.6 is 0 Å². The van der Waals surface area contributed by atoms with Gasteiger partial charge in [-0.2, -0.15) is 5.10 Å². The number of aromatic nitrogens is 2. The molecule has 0 aromatic carbocycles. The van der Waals surface area contributed by atoms with Crippen LogP contribution in [-0.2, 0) is 0 Å². The fourth-order valence-electron chi connectivity index (χ4n) is 2.29. The number of hydrogen-bond donors (Lipinski definition) is 1. The van der Waals surface area contributed by atoms with Gasteiger partial charge in [0.15, 0.2) is 0 Å². The average molecular weight is 205 g/mol. The third kappa shape index (κ3) is 2.69. The van der Waals surface area contributed by atoms with Crippen LogP contribution in [0.2, 0.25) is 0 Å². The van der Waals surface area contributed by atoms with E-state index in [9.17, 15) is 0 Å². The Morgan fingerprint density at radius 1 is 1.60 bits per heavy atom. The summed E-state index contributed by atoms with van der Waals surface area (Å²) in [6.07, 6.45) is 6.47. The Morgan fingerprint density at radius 3 is 2.87 bits per heavy atom. The van der Waals surface area contributed by atoms with Crippen LogP contribution in [0.3, 0.4) is 0 Å². The molecule has 1 aromatic heterocycles. The van der Waals surface area contributed by atoms with Crippen LogP contribution < -0.4 is 0 Å². The van der Waals surface area contributed by atoms with Crippen LogP contribution in [0.4, 0.5) is 0 Å². The van der Waals surface area contributed by atoms with E-state index in [4.69, 9.17) is 0 Å². The Morgan fingerprint density at radius 2 is 2.33 bits per heavy atom. The van der Waals surface area contributed by atoms with Crippen molar-refractivity contribution in [1.82, 2.24) is 15.1 Å². The van der Waals surface area contributed by atoms with Gasteiger partial charge in [-0.1, -0.05) is 12.2 Å². The normalized spacial score (nSPS) is 19.3. The van der Waals surface area contributed by atoms with Gasteiger partial charge in [-0.25, -0.2) is 0 Å². The zero-order valence-electron chi connectivity index (χ0n) is 9.37. The number of H-pyrrole nitrogens is 1. The molecule has 3 heteroatoms. The standard InChI is InChI=1S/C12H19N3/c1-10(2)9-15-5-3-11(4-6-15)12-7-13-14-8-12/h7-8,11H,1,3-6,9H2,2H3,(H,13,14). The number of aromatic amines is 1. The number of rotatable bonds is 3. The molecule has 15 heavy (non-hydrogen) atoms. The molecular weight excluding hydrogens is 186 g/mol. The highest BCUT2D eigenvalue weighted by molar-refractivity contribution is 5.11. The smallest absolute Gasteiger partial charge is 0.0522 e. The van der Waals surface area contributed by atoms with E-state index in [0.717, 1.165) is 6.54 Å². The van der Waals surface area contributed by atoms with Crippen molar-refractivity contribution in [3.63, 3.8) is 0 Å². The summed E-state index contributed by atoms with van der Waals surface area (Å²) in [4.78, 5) is 2.49. The van der Waals surface area contributed by atoms with Crippen LogP contribution in [0.15, 0.2) is 24.5 Å². The second kappa shape index (κ2) is 4.62. The second-order valence-corrected chi connectivity index (χ2v) is 4.54. The molecule has 1 aliphatic rings. The molecule has 0 bridgehead atoms. The monoisotopic (exact) mass is 205 g/mol. The minimum Gasteiger partial charge on any atom is -0.299 e. The predicted molar refractivity (Wildman–Crippen MR) is 61.8 cm³/mol. The van der Waals surface area contributed by atoms with Gasteiger partial charge >= 0.3 is 0 Å². The summed E-state index contributed by atoms with van der Waals surface area (Å²) in [6.45, 7) is 9.48. The lowest BCUT2D eigenvalue weighted by Gasteiger charge is -2.31. The molecule has 0 unspecified atom stereocenters. The maximum Gasteiger partial charge on any atom is 0.0522 e. The molecule has 0 saturated carbocycles. The minimum atomic E-state index is 0.699. The van der Waals surface area contributed by atoms with Crippen molar-refractivity contribution in [3.8, 4) is 0 Å². The van der Waals surface area contributed by atoms with Crippen LogP contribution in [-0.4, -0.2) is 34.7 Å². The van der Waals surface area contributed by atoms with Crippen molar-refractivity contribution in [1.29, 1.82) is 0 Å². The van der Waals surface area contributed by atoms with Crippen LogP contribution in [0.5, 0.6) is 0 Å². The van der Waals surface area contributed by atoms with Gasteiger partial charge < -0.3 is 0 Å². The Balaban J connectivity index is 1.84. The average Bonchev–Trinajstić information content (AvgIpc) is 2.71. The molecule has 1 N–H and O–H groups in total. The lowest BCUT2D eigenvalue weighted by molar-refractivity contribution is 0.228. The van der Waals surface area contributed by atoms with E-state index in [-0.39, 0.29) is 0 Å². The number of hydrogen-bond acceptors (Lipinski definition) is 2. The first kappa shape index (κ1) is 10.4. The number of piperidine rings is 1. The maximum absolute atomic E-state index is 4.01. The SMILES string of the molecule is C=C(C)CN1CCC(c2cn[nH]c2)CC1. The molecular formula is C12H19N3. The topological polar surface area (TPSA) is 31.9 Å². The molecule has 1 aromatic rings. The highest BCUT2D eigenvalue weighted by atomic mass is 15.1. The zero-order chi connectivity index (χ0) is 10.7. The third-order valence-corrected chi connectivity index (χ3v) is 3.07. The van der Waals surface area contributed by atoms with Crippen molar-refractivity contribution in [3.05, 3.63) is 30.1 Å². The Hall–Kier alpha value is -1.09. The fourth-order valence-corrected chi connectivity index (χ4v) is 2.29. The van der Waals surface area contributed by atoms with Crippen molar-refractivity contribution in [2.75, 3.05) is 19.6 Å². The summed E-state index contributed by atoms with van der Waals surface area (Å²) in [6, 6.07) is 0. The van der Waals surface area contributed by atoms with Crippen molar-refractivity contribution >= 4 is 0 Å². The zero-order valence-corrected chi connectivity index (χ0v) is 9.37. The maximum atomic E-state index is 4.01. The first-order chi connectivity index (χ1) is 7.25. The van der Waals surface area contributed by atoms with Gasteiger partial charge in [0.25, 0.3) is 0 Å². The molecule has 2 rings (SSSR count). The molecule has 0 atom stereocenters. The first-order valence-electron chi connectivity index (χ1n) is 5.61. The number of nitrogens with one attached hydrogen (secondary N) is 1. The number of likely N-dealkylation sites (tertiary alicyclic amines) is 1. The first-order valence-corrected chi connectivity index (χ1v) is 5.61. The highest BCUT2D eigenvalue weighted by Crippen LogP contribution is 2.27. The molecule has 0 radical (unpaired) electrons. The molecule has 1 fully saturated rings. The summed E-state index contributed by atoms with van der Waals surface area (Å²) in [5.74, 6) is 0.699. The molecule has 2 heterocycles. The van der Waals surface area contributed by atoms with Gasteiger partial charge in [0.1, 0.15) is 0 Å². The van der Waals surface area contributed by atoms with Crippen molar-refractivity contribution < 1.29 is 0 Å². The molecule has 3 nitrogen and oxygen atoms in total. The van der Waals surface area contributed by atoms with Gasteiger partial charge in [-0.05, 0) is 44.3 Å². The lowest BCUT2D eigenvalue weighted by Crippen LogP contribution is -2.33. The Kier molecular flexibility index (Phi) is 3.21.